The molecule has 5 heteroatoms. The molecule has 0 unspecified atom stereocenters. The predicted molar refractivity (Wildman–Crippen MR) is 75.5 cm³/mol. The summed E-state index contributed by atoms with van der Waals surface area (Å²) in [5.74, 6) is 0.780. The van der Waals surface area contributed by atoms with E-state index in [-0.39, 0.29) is 5.91 Å². The van der Waals surface area contributed by atoms with Crippen molar-refractivity contribution in [2.45, 2.75) is 39.5 Å². The molecule has 0 atom stereocenters. The van der Waals surface area contributed by atoms with Crippen molar-refractivity contribution in [1.29, 1.82) is 0 Å². The van der Waals surface area contributed by atoms with Crippen LogP contribution in [0, 0.1) is 5.92 Å². The first-order valence-corrected chi connectivity index (χ1v) is 7.67. The molecule has 0 aliphatic heterocycles. The van der Waals surface area contributed by atoms with Crippen molar-refractivity contribution in [3.8, 4) is 0 Å². The van der Waals surface area contributed by atoms with Gasteiger partial charge in [0.05, 0.1) is 6.20 Å². The summed E-state index contributed by atoms with van der Waals surface area (Å²) in [6, 6.07) is 0. The quantitative estimate of drug-likeness (QED) is 0.776. The van der Waals surface area contributed by atoms with E-state index in [1.54, 1.807) is 6.20 Å². The fraction of sp³-hybridized carbons (Fsp3) is 0.667. The second-order valence-corrected chi connectivity index (χ2v) is 6.36. The Kier molecular flexibility index (Phi) is 6.73. The lowest BCUT2D eigenvalue weighted by Crippen LogP contribution is -2.23. The zero-order chi connectivity index (χ0) is 12.7. The number of amides is 1. The number of carbonyl (C=O) groups is 1. The maximum Gasteiger partial charge on any atom is 0.263 e. The summed E-state index contributed by atoms with van der Waals surface area (Å²) >= 11 is 4.61. The van der Waals surface area contributed by atoms with Crippen molar-refractivity contribution in [1.82, 2.24) is 10.3 Å². The Morgan fingerprint density at radius 1 is 1.53 bits per heavy atom. The van der Waals surface area contributed by atoms with Crippen LogP contribution in [0.3, 0.4) is 0 Å². The van der Waals surface area contributed by atoms with Gasteiger partial charge in [-0.15, -0.1) is 11.3 Å². The Bertz CT molecular complexity index is 350. The molecule has 1 amide bonds. The molecule has 0 saturated carbocycles. The summed E-state index contributed by atoms with van der Waals surface area (Å²) in [5, 5.41) is 2.93. The SMILES string of the molecule is CCC(CC)CCCNC(=O)c1cnc(Br)s1. The Morgan fingerprint density at radius 3 is 2.76 bits per heavy atom. The largest absolute Gasteiger partial charge is 0.351 e. The molecular weight excluding hydrogens is 300 g/mol. The molecule has 0 radical (unpaired) electrons. The second kappa shape index (κ2) is 7.82. The second-order valence-electron chi connectivity index (χ2n) is 4.06. The van der Waals surface area contributed by atoms with Crippen molar-refractivity contribution in [2.24, 2.45) is 5.92 Å². The third-order valence-corrected chi connectivity index (χ3v) is 4.41. The molecule has 0 bridgehead atoms. The van der Waals surface area contributed by atoms with E-state index in [1.807, 2.05) is 0 Å². The Labute approximate surface area is 115 Å². The average molecular weight is 319 g/mol. The molecule has 0 aromatic carbocycles. The van der Waals surface area contributed by atoms with E-state index in [4.69, 9.17) is 0 Å². The van der Waals surface area contributed by atoms with Crippen LogP contribution in [0.2, 0.25) is 0 Å². The first-order chi connectivity index (χ1) is 8.17. The Hall–Kier alpha value is -0.420. The van der Waals surface area contributed by atoms with Crippen LogP contribution in [-0.2, 0) is 0 Å². The van der Waals surface area contributed by atoms with E-state index in [9.17, 15) is 4.79 Å². The van der Waals surface area contributed by atoms with E-state index in [1.165, 1.54) is 30.6 Å². The van der Waals surface area contributed by atoms with Gasteiger partial charge in [0.1, 0.15) is 4.88 Å². The van der Waals surface area contributed by atoms with Gasteiger partial charge in [-0.25, -0.2) is 4.98 Å². The van der Waals surface area contributed by atoms with E-state index in [2.05, 4.69) is 40.1 Å². The highest BCUT2D eigenvalue weighted by Gasteiger charge is 2.09. The zero-order valence-corrected chi connectivity index (χ0v) is 12.7. The Balaban J connectivity index is 2.21. The molecule has 1 rings (SSSR count). The van der Waals surface area contributed by atoms with Crippen molar-refractivity contribution in [3.05, 3.63) is 15.0 Å². The highest BCUT2D eigenvalue weighted by molar-refractivity contribution is 9.11. The summed E-state index contributed by atoms with van der Waals surface area (Å²) in [6.45, 7) is 5.20. The molecule has 1 heterocycles. The van der Waals surface area contributed by atoms with Gasteiger partial charge in [-0.3, -0.25) is 4.79 Å². The number of halogens is 1. The Morgan fingerprint density at radius 2 is 2.24 bits per heavy atom. The number of thiazole rings is 1. The molecule has 96 valence electrons. The maximum absolute atomic E-state index is 11.7. The van der Waals surface area contributed by atoms with Crippen LogP contribution in [0.25, 0.3) is 0 Å². The van der Waals surface area contributed by atoms with Crippen LogP contribution in [0.5, 0.6) is 0 Å². The summed E-state index contributed by atoms with van der Waals surface area (Å²) in [5.41, 5.74) is 0. The van der Waals surface area contributed by atoms with Crippen molar-refractivity contribution < 1.29 is 4.79 Å². The van der Waals surface area contributed by atoms with Gasteiger partial charge in [0, 0.05) is 6.54 Å². The van der Waals surface area contributed by atoms with Gasteiger partial charge in [0.25, 0.3) is 5.91 Å². The lowest BCUT2D eigenvalue weighted by molar-refractivity contribution is 0.0956. The molecule has 1 N–H and O–H groups in total. The summed E-state index contributed by atoms with van der Waals surface area (Å²) in [6.07, 6.45) is 6.31. The van der Waals surface area contributed by atoms with Gasteiger partial charge in [-0.2, -0.15) is 0 Å². The lowest BCUT2D eigenvalue weighted by atomic mass is 9.98. The average Bonchev–Trinajstić information content (AvgIpc) is 2.76. The maximum atomic E-state index is 11.7. The van der Waals surface area contributed by atoms with Crippen LogP contribution in [0.4, 0.5) is 0 Å². The summed E-state index contributed by atoms with van der Waals surface area (Å²) in [4.78, 5) is 16.3. The summed E-state index contributed by atoms with van der Waals surface area (Å²) in [7, 11) is 0. The fourth-order valence-electron chi connectivity index (χ4n) is 1.73. The highest BCUT2D eigenvalue weighted by Crippen LogP contribution is 2.18. The molecule has 0 spiro atoms. The van der Waals surface area contributed by atoms with Crippen molar-refractivity contribution in [2.75, 3.05) is 6.54 Å². The van der Waals surface area contributed by atoms with E-state index < -0.39 is 0 Å². The molecule has 17 heavy (non-hydrogen) atoms. The number of nitrogens with one attached hydrogen (secondary N) is 1. The number of carbonyl (C=O) groups excluding carboxylic acids is 1. The molecule has 0 fully saturated rings. The van der Waals surface area contributed by atoms with Crippen LogP contribution in [-0.4, -0.2) is 17.4 Å². The topological polar surface area (TPSA) is 42.0 Å². The first-order valence-electron chi connectivity index (χ1n) is 6.06. The minimum absolute atomic E-state index is 0.0160. The van der Waals surface area contributed by atoms with Crippen molar-refractivity contribution >= 4 is 33.2 Å². The molecule has 3 nitrogen and oxygen atoms in total. The zero-order valence-electron chi connectivity index (χ0n) is 10.3. The van der Waals surface area contributed by atoms with E-state index >= 15 is 0 Å². The van der Waals surface area contributed by atoms with Gasteiger partial charge in [0.2, 0.25) is 0 Å². The third-order valence-electron chi connectivity index (χ3n) is 2.93. The van der Waals surface area contributed by atoms with Gasteiger partial charge in [0.15, 0.2) is 3.92 Å². The fourth-order valence-corrected chi connectivity index (χ4v) is 2.92. The number of aromatic nitrogens is 1. The normalized spacial score (nSPS) is 10.8. The number of rotatable bonds is 7. The van der Waals surface area contributed by atoms with Gasteiger partial charge in [-0.05, 0) is 34.7 Å². The number of nitrogens with zero attached hydrogens (tertiary/aromatic N) is 1. The molecule has 1 aromatic heterocycles. The highest BCUT2D eigenvalue weighted by atomic mass is 79.9. The minimum Gasteiger partial charge on any atom is -0.351 e. The molecule has 1 aromatic rings. The van der Waals surface area contributed by atoms with Crippen LogP contribution in [0.15, 0.2) is 10.1 Å². The van der Waals surface area contributed by atoms with Crippen LogP contribution < -0.4 is 5.32 Å². The molecule has 0 saturated heterocycles. The standard InChI is InChI=1S/C12H19BrN2OS/c1-3-9(4-2)6-5-7-14-11(16)10-8-15-12(13)17-10/h8-9H,3-7H2,1-2H3,(H,14,16). The van der Waals surface area contributed by atoms with Crippen molar-refractivity contribution in [3.63, 3.8) is 0 Å². The predicted octanol–water partition coefficient (Wildman–Crippen LogP) is 3.85. The molecule has 0 aliphatic rings. The third kappa shape index (κ3) is 5.17. The van der Waals surface area contributed by atoms with Crippen LogP contribution in [0.1, 0.15) is 49.2 Å². The smallest absolute Gasteiger partial charge is 0.263 e. The first kappa shape index (κ1) is 14.6. The molecule has 0 aliphatic carbocycles. The van der Waals surface area contributed by atoms with E-state index in [0.29, 0.717) is 4.88 Å². The lowest BCUT2D eigenvalue weighted by Gasteiger charge is -2.11. The van der Waals surface area contributed by atoms with Gasteiger partial charge in [-0.1, -0.05) is 26.7 Å². The number of hydrogen-bond donors (Lipinski definition) is 1. The molecular formula is C12H19BrN2OS. The minimum atomic E-state index is -0.0160. The summed E-state index contributed by atoms with van der Waals surface area (Å²) < 4.78 is 0.750. The number of hydrogen-bond acceptors (Lipinski definition) is 3. The van der Waals surface area contributed by atoms with Gasteiger partial charge >= 0.3 is 0 Å². The van der Waals surface area contributed by atoms with E-state index in [0.717, 1.165) is 22.8 Å². The monoisotopic (exact) mass is 318 g/mol. The van der Waals surface area contributed by atoms with Gasteiger partial charge < -0.3 is 5.32 Å². The van der Waals surface area contributed by atoms with Crippen LogP contribution >= 0.6 is 27.3 Å².